The average molecular weight is 192 g/mol. The lowest BCUT2D eigenvalue weighted by Crippen LogP contribution is -2.00. The Morgan fingerprint density at radius 3 is 2.85 bits per heavy atom. The Hall–Kier alpha value is -1.19. The van der Waals surface area contributed by atoms with Gasteiger partial charge in [-0.05, 0) is 17.5 Å². The van der Waals surface area contributed by atoms with Crippen molar-refractivity contribution in [1.82, 2.24) is 0 Å². The van der Waals surface area contributed by atoms with Gasteiger partial charge in [0.25, 0.3) is 0 Å². The van der Waals surface area contributed by atoms with E-state index in [9.17, 15) is 4.79 Å². The van der Waals surface area contributed by atoms with Gasteiger partial charge in [-0.1, -0.05) is 18.2 Å². The summed E-state index contributed by atoms with van der Waals surface area (Å²) in [7, 11) is 0. The standard InChI is InChI=1S/C10H8O2S/c11-6-8(12)10-5-7-3-1-2-4-9(7)13-10/h1-5,11H,6H2. The summed E-state index contributed by atoms with van der Waals surface area (Å²) in [5, 5.41) is 9.73. The minimum absolute atomic E-state index is 0.207. The van der Waals surface area contributed by atoms with Crippen LogP contribution in [0.5, 0.6) is 0 Å². The van der Waals surface area contributed by atoms with Gasteiger partial charge in [-0.2, -0.15) is 0 Å². The van der Waals surface area contributed by atoms with Gasteiger partial charge in [0.05, 0.1) is 4.88 Å². The lowest BCUT2D eigenvalue weighted by atomic mass is 10.2. The van der Waals surface area contributed by atoms with Crippen molar-refractivity contribution in [2.75, 3.05) is 6.61 Å². The third-order valence-electron chi connectivity index (χ3n) is 1.84. The molecule has 0 spiro atoms. The Labute approximate surface area is 79.4 Å². The Morgan fingerprint density at radius 1 is 1.38 bits per heavy atom. The Morgan fingerprint density at radius 2 is 2.15 bits per heavy atom. The number of fused-ring (bicyclic) bond motifs is 1. The summed E-state index contributed by atoms with van der Waals surface area (Å²) in [6, 6.07) is 9.61. The molecule has 0 aliphatic heterocycles. The second kappa shape index (κ2) is 3.28. The third-order valence-corrected chi connectivity index (χ3v) is 3.00. The molecule has 2 aromatic rings. The van der Waals surface area contributed by atoms with Crippen LogP contribution in [0.4, 0.5) is 0 Å². The summed E-state index contributed by atoms with van der Waals surface area (Å²) in [6.45, 7) is -0.410. The maximum atomic E-state index is 11.1. The maximum absolute atomic E-state index is 11.1. The zero-order chi connectivity index (χ0) is 9.26. The van der Waals surface area contributed by atoms with Gasteiger partial charge in [0.15, 0.2) is 5.78 Å². The lowest BCUT2D eigenvalue weighted by Gasteiger charge is -1.86. The number of benzene rings is 1. The molecule has 1 aromatic carbocycles. The zero-order valence-corrected chi connectivity index (χ0v) is 7.67. The van der Waals surface area contributed by atoms with Crippen LogP contribution in [-0.4, -0.2) is 17.5 Å². The van der Waals surface area contributed by atoms with Gasteiger partial charge >= 0.3 is 0 Å². The molecular weight excluding hydrogens is 184 g/mol. The molecule has 3 heteroatoms. The van der Waals surface area contributed by atoms with Crippen LogP contribution in [0.15, 0.2) is 30.3 Å². The van der Waals surface area contributed by atoms with Crippen LogP contribution in [0, 0.1) is 0 Å². The maximum Gasteiger partial charge on any atom is 0.198 e. The van der Waals surface area contributed by atoms with Crippen molar-refractivity contribution in [1.29, 1.82) is 0 Å². The number of hydrogen-bond donors (Lipinski definition) is 1. The SMILES string of the molecule is O=C(CO)c1cc2ccccc2s1. The van der Waals surface area contributed by atoms with Crippen LogP contribution in [0.25, 0.3) is 10.1 Å². The predicted octanol–water partition coefficient (Wildman–Crippen LogP) is 2.08. The van der Waals surface area contributed by atoms with Crippen LogP contribution in [0.3, 0.4) is 0 Å². The molecule has 1 heterocycles. The summed E-state index contributed by atoms with van der Waals surface area (Å²) in [4.78, 5) is 11.8. The first kappa shape index (κ1) is 8.41. The van der Waals surface area contributed by atoms with Gasteiger partial charge in [-0.25, -0.2) is 0 Å². The van der Waals surface area contributed by atoms with Crippen molar-refractivity contribution < 1.29 is 9.90 Å². The summed E-state index contributed by atoms with van der Waals surface area (Å²) >= 11 is 1.42. The van der Waals surface area contributed by atoms with E-state index >= 15 is 0 Å². The molecular formula is C10H8O2S. The fraction of sp³-hybridized carbons (Fsp3) is 0.100. The minimum atomic E-state index is -0.410. The van der Waals surface area contributed by atoms with E-state index in [0.29, 0.717) is 4.88 Å². The van der Waals surface area contributed by atoms with Gasteiger partial charge < -0.3 is 5.11 Å². The van der Waals surface area contributed by atoms with Crippen molar-refractivity contribution in [2.45, 2.75) is 0 Å². The second-order valence-electron chi connectivity index (χ2n) is 2.73. The Balaban J connectivity index is 2.56. The molecule has 0 unspecified atom stereocenters. The number of hydrogen-bond acceptors (Lipinski definition) is 3. The molecule has 0 aliphatic rings. The summed E-state index contributed by atoms with van der Waals surface area (Å²) in [6.07, 6.45) is 0. The largest absolute Gasteiger partial charge is 0.388 e. The molecule has 1 aromatic heterocycles. The molecule has 0 amide bonds. The Kier molecular flexibility index (Phi) is 2.12. The highest BCUT2D eigenvalue weighted by Gasteiger charge is 2.07. The van der Waals surface area contributed by atoms with Crippen molar-refractivity contribution in [3.05, 3.63) is 35.2 Å². The number of aliphatic hydroxyl groups excluding tert-OH is 1. The van der Waals surface area contributed by atoms with Crippen LogP contribution in [-0.2, 0) is 0 Å². The number of Topliss-reactive ketones (excluding diaryl/α,β-unsaturated/α-hetero) is 1. The van der Waals surface area contributed by atoms with Gasteiger partial charge in [0, 0.05) is 4.70 Å². The quantitative estimate of drug-likeness (QED) is 0.739. The summed E-state index contributed by atoms with van der Waals surface area (Å²) in [5.41, 5.74) is 0. The van der Waals surface area contributed by atoms with Gasteiger partial charge in [0.2, 0.25) is 0 Å². The molecule has 0 bridgehead atoms. The zero-order valence-electron chi connectivity index (χ0n) is 6.86. The van der Waals surface area contributed by atoms with Crippen LogP contribution >= 0.6 is 11.3 Å². The molecule has 0 atom stereocenters. The van der Waals surface area contributed by atoms with Crippen LogP contribution < -0.4 is 0 Å². The van der Waals surface area contributed by atoms with E-state index in [1.165, 1.54) is 11.3 Å². The monoisotopic (exact) mass is 192 g/mol. The molecule has 0 saturated heterocycles. The van der Waals surface area contributed by atoms with Crippen molar-refractivity contribution in [3.63, 3.8) is 0 Å². The molecule has 0 radical (unpaired) electrons. The van der Waals surface area contributed by atoms with Crippen molar-refractivity contribution in [2.24, 2.45) is 0 Å². The smallest absolute Gasteiger partial charge is 0.198 e. The van der Waals surface area contributed by atoms with Gasteiger partial charge in [-0.15, -0.1) is 11.3 Å². The molecule has 66 valence electrons. The highest BCUT2D eigenvalue weighted by Crippen LogP contribution is 2.25. The van der Waals surface area contributed by atoms with E-state index in [2.05, 4.69) is 0 Å². The van der Waals surface area contributed by atoms with E-state index < -0.39 is 6.61 Å². The number of carbonyl (C=O) groups is 1. The molecule has 2 nitrogen and oxygen atoms in total. The topological polar surface area (TPSA) is 37.3 Å². The highest BCUT2D eigenvalue weighted by molar-refractivity contribution is 7.20. The molecule has 0 saturated carbocycles. The van der Waals surface area contributed by atoms with E-state index in [0.717, 1.165) is 10.1 Å². The van der Waals surface area contributed by atoms with Gasteiger partial charge in [0.1, 0.15) is 6.61 Å². The first-order chi connectivity index (χ1) is 6.31. The number of thiophene rings is 1. The number of ketones is 1. The van der Waals surface area contributed by atoms with Gasteiger partial charge in [-0.3, -0.25) is 4.79 Å². The third kappa shape index (κ3) is 1.48. The van der Waals surface area contributed by atoms with E-state index in [4.69, 9.17) is 5.11 Å². The number of rotatable bonds is 2. The predicted molar refractivity (Wildman–Crippen MR) is 53.2 cm³/mol. The summed E-state index contributed by atoms with van der Waals surface area (Å²) in [5.74, 6) is -0.207. The normalized spacial score (nSPS) is 10.5. The van der Waals surface area contributed by atoms with Crippen molar-refractivity contribution >= 4 is 27.2 Å². The molecule has 0 fully saturated rings. The molecule has 13 heavy (non-hydrogen) atoms. The van der Waals surface area contributed by atoms with E-state index in [1.807, 2.05) is 30.3 Å². The summed E-state index contributed by atoms with van der Waals surface area (Å²) < 4.78 is 1.08. The number of aliphatic hydroxyl groups is 1. The second-order valence-corrected chi connectivity index (χ2v) is 3.81. The minimum Gasteiger partial charge on any atom is -0.388 e. The Bertz CT molecular complexity index is 412. The molecule has 0 aliphatic carbocycles. The van der Waals surface area contributed by atoms with E-state index in [-0.39, 0.29) is 5.78 Å². The van der Waals surface area contributed by atoms with E-state index in [1.54, 1.807) is 0 Å². The average Bonchev–Trinajstić information content (AvgIpc) is 2.59. The number of carbonyl (C=O) groups excluding carboxylic acids is 1. The fourth-order valence-corrected chi connectivity index (χ4v) is 2.19. The fourth-order valence-electron chi connectivity index (χ4n) is 1.20. The first-order valence-electron chi connectivity index (χ1n) is 3.94. The van der Waals surface area contributed by atoms with Crippen LogP contribution in [0.1, 0.15) is 9.67 Å². The molecule has 2 rings (SSSR count). The van der Waals surface area contributed by atoms with Crippen LogP contribution in [0.2, 0.25) is 0 Å². The first-order valence-corrected chi connectivity index (χ1v) is 4.75. The van der Waals surface area contributed by atoms with Crippen molar-refractivity contribution in [3.8, 4) is 0 Å². The lowest BCUT2D eigenvalue weighted by molar-refractivity contribution is 0.0908. The molecule has 1 N–H and O–H groups in total. The highest BCUT2D eigenvalue weighted by atomic mass is 32.1.